The van der Waals surface area contributed by atoms with Crippen molar-refractivity contribution in [2.45, 2.75) is 38.8 Å². The minimum absolute atomic E-state index is 0.599. The molecule has 0 saturated carbocycles. The minimum Gasteiger partial charge on any atom is -0.356 e. The Bertz CT molecular complexity index is 603. The summed E-state index contributed by atoms with van der Waals surface area (Å²) >= 11 is 0. The summed E-state index contributed by atoms with van der Waals surface area (Å²) in [6.45, 7) is 5.61. The Hall–Kier alpha value is -1.87. The van der Waals surface area contributed by atoms with Gasteiger partial charge in [0.15, 0.2) is 0 Å². The van der Waals surface area contributed by atoms with Gasteiger partial charge in [-0.1, -0.05) is 43.3 Å². The van der Waals surface area contributed by atoms with Crippen molar-refractivity contribution in [2.75, 3.05) is 25.0 Å². The van der Waals surface area contributed by atoms with E-state index >= 15 is 0 Å². The lowest BCUT2D eigenvalue weighted by Crippen LogP contribution is -2.43. The molecule has 3 nitrogen and oxygen atoms in total. The predicted molar refractivity (Wildman–Crippen MR) is 96.8 cm³/mol. The SMILES string of the molecule is CCc1cccnc1N(C)C1CCN(Cc2ccccc2)CC1. The molecular formula is C20H27N3. The van der Waals surface area contributed by atoms with Gasteiger partial charge in [0.2, 0.25) is 0 Å². The van der Waals surface area contributed by atoms with Crippen molar-refractivity contribution in [1.29, 1.82) is 0 Å². The number of aryl methyl sites for hydroxylation is 1. The molecular weight excluding hydrogens is 282 g/mol. The van der Waals surface area contributed by atoms with Crippen molar-refractivity contribution in [3.63, 3.8) is 0 Å². The van der Waals surface area contributed by atoms with Crippen molar-refractivity contribution in [3.8, 4) is 0 Å². The van der Waals surface area contributed by atoms with E-state index in [1.54, 1.807) is 0 Å². The van der Waals surface area contributed by atoms with Crippen LogP contribution < -0.4 is 4.90 Å². The van der Waals surface area contributed by atoms with Crippen molar-refractivity contribution in [2.24, 2.45) is 0 Å². The molecule has 0 aliphatic carbocycles. The molecule has 3 heteroatoms. The normalized spacial score (nSPS) is 16.4. The van der Waals surface area contributed by atoms with Crippen LogP contribution in [0.2, 0.25) is 0 Å². The zero-order valence-electron chi connectivity index (χ0n) is 14.3. The molecule has 0 bridgehead atoms. The molecule has 1 aliphatic heterocycles. The fraction of sp³-hybridized carbons (Fsp3) is 0.450. The molecule has 2 aromatic rings. The van der Waals surface area contributed by atoms with Crippen LogP contribution in [0.15, 0.2) is 48.7 Å². The third-order valence-electron chi connectivity index (χ3n) is 4.94. The van der Waals surface area contributed by atoms with Gasteiger partial charge in [-0.05, 0) is 36.5 Å². The molecule has 1 aromatic carbocycles. The number of piperidine rings is 1. The van der Waals surface area contributed by atoms with Gasteiger partial charge in [0.1, 0.15) is 5.82 Å². The van der Waals surface area contributed by atoms with Crippen LogP contribution in [0.5, 0.6) is 0 Å². The largest absolute Gasteiger partial charge is 0.356 e. The van der Waals surface area contributed by atoms with Gasteiger partial charge in [0, 0.05) is 38.9 Å². The molecule has 1 aromatic heterocycles. The van der Waals surface area contributed by atoms with Gasteiger partial charge in [0.25, 0.3) is 0 Å². The van der Waals surface area contributed by atoms with Crippen LogP contribution in [0, 0.1) is 0 Å². The molecule has 1 saturated heterocycles. The number of hydrogen-bond donors (Lipinski definition) is 0. The first kappa shape index (κ1) is 16.0. The van der Waals surface area contributed by atoms with Gasteiger partial charge in [-0.25, -0.2) is 4.98 Å². The summed E-state index contributed by atoms with van der Waals surface area (Å²) in [5.74, 6) is 1.16. The Kier molecular flexibility index (Phi) is 5.29. The summed E-state index contributed by atoms with van der Waals surface area (Å²) < 4.78 is 0. The maximum atomic E-state index is 4.62. The smallest absolute Gasteiger partial charge is 0.131 e. The first-order valence-corrected chi connectivity index (χ1v) is 8.71. The van der Waals surface area contributed by atoms with E-state index in [1.165, 1.54) is 24.0 Å². The zero-order valence-corrected chi connectivity index (χ0v) is 14.3. The molecule has 0 atom stereocenters. The maximum Gasteiger partial charge on any atom is 0.131 e. The van der Waals surface area contributed by atoms with Crippen LogP contribution in [0.1, 0.15) is 30.9 Å². The third-order valence-corrected chi connectivity index (χ3v) is 4.94. The highest BCUT2D eigenvalue weighted by Crippen LogP contribution is 2.24. The molecule has 122 valence electrons. The number of rotatable bonds is 5. The van der Waals surface area contributed by atoms with E-state index in [9.17, 15) is 0 Å². The second-order valence-electron chi connectivity index (χ2n) is 6.44. The van der Waals surface area contributed by atoms with E-state index in [4.69, 9.17) is 0 Å². The van der Waals surface area contributed by atoms with Crippen molar-refractivity contribution in [1.82, 2.24) is 9.88 Å². The molecule has 0 amide bonds. The lowest BCUT2D eigenvalue weighted by Gasteiger charge is -2.38. The van der Waals surface area contributed by atoms with Crippen LogP contribution in [-0.2, 0) is 13.0 Å². The van der Waals surface area contributed by atoms with E-state index in [1.807, 2.05) is 12.3 Å². The summed E-state index contributed by atoms with van der Waals surface area (Å²) in [6.07, 6.45) is 5.38. The number of likely N-dealkylation sites (tertiary alicyclic amines) is 1. The predicted octanol–water partition coefficient (Wildman–Crippen LogP) is 3.74. The summed E-state index contributed by atoms with van der Waals surface area (Å²) in [5.41, 5.74) is 2.76. The number of hydrogen-bond acceptors (Lipinski definition) is 3. The highest BCUT2D eigenvalue weighted by Gasteiger charge is 2.24. The highest BCUT2D eigenvalue weighted by molar-refractivity contribution is 5.47. The van der Waals surface area contributed by atoms with E-state index in [2.05, 4.69) is 65.2 Å². The minimum atomic E-state index is 0.599. The zero-order chi connectivity index (χ0) is 16.1. The Labute approximate surface area is 140 Å². The average molecular weight is 309 g/mol. The van der Waals surface area contributed by atoms with Gasteiger partial charge < -0.3 is 4.90 Å². The number of nitrogens with zero attached hydrogens (tertiary/aromatic N) is 3. The molecule has 3 rings (SSSR count). The average Bonchev–Trinajstić information content (AvgIpc) is 2.62. The van der Waals surface area contributed by atoms with E-state index in [0.717, 1.165) is 31.9 Å². The first-order valence-electron chi connectivity index (χ1n) is 8.71. The van der Waals surface area contributed by atoms with Gasteiger partial charge in [-0.3, -0.25) is 4.90 Å². The van der Waals surface area contributed by atoms with Gasteiger partial charge in [-0.15, -0.1) is 0 Å². The Morgan fingerprint density at radius 1 is 1.09 bits per heavy atom. The second-order valence-corrected chi connectivity index (χ2v) is 6.44. The Balaban J connectivity index is 1.58. The van der Waals surface area contributed by atoms with Crippen LogP contribution in [0.25, 0.3) is 0 Å². The topological polar surface area (TPSA) is 19.4 Å². The standard InChI is InChI=1S/C20H27N3/c1-3-18-10-7-13-21-20(18)22(2)19-11-14-23(15-12-19)16-17-8-5-4-6-9-17/h4-10,13,19H,3,11-12,14-16H2,1-2H3. The van der Waals surface area contributed by atoms with Crippen molar-refractivity contribution in [3.05, 3.63) is 59.8 Å². The van der Waals surface area contributed by atoms with Crippen molar-refractivity contribution >= 4 is 5.82 Å². The molecule has 0 unspecified atom stereocenters. The second kappa shape index (κ2) is 7.60. The summed E-state index contributed by atoms with van der Waals surface area (Å²) in [6, 6.07) is 15.6. The fourth-order valence-corrected chi connectivity index (χ4v) is 3.50. The Morgan fingerprint density at radius 2 is 1.83 bits per heavy atom. The molecule has 1 fully saturated rings. The van der Waals surface area contributed by atoms with Gasteiger partial charge in [-0.2, -0.15) is 0 Å². The number of benzene rings is 1. The number of anilines is 1. The summed E-state index contributed by atoms with van der Waals surface area (Å²) in [4.78, 5) is 9.59. The monoisotopic (exact) mass is 309 g/mol. The number of aromatic nitrogens is 1. The molecule has 1 aliphatic rings. The van der Waals surface area contributed by atoms with Crippen LogP contribution >= 0.6 is 0 Å². The quantitative estimate of drug-likeness (QED) is 0.838. The van der Waals surface area contributed by atoms with Gasteiger partial charge >= 0.3 is 0 Å². The molecule has 23 heavy (non-hydrogen) atoms. The van der Waals surface area contributed by atoms with Crippen LogP contribution in [-0.4, -0.2) is 36.1 Å². The third kappa shape index (κ3) is 3.91. The van der Waals surface area contributed by atoms with E-state index in [-0.39, 0.29) is 0 Å². The summed E-state index contributed by atoms with van der Waals surface area (Å²) in [5, 5.41) is 0. The highest BCUT2D eigenvalue weighted by atomic mass is 15.2. The van der Waals surface area contributed by atoms with Crippen LogP contribution in [0.3, 0.4) is 0 Å². The van der Waals surface area contributed by atoms with E-state index in [0.29, 0.717) is 6.04 Å². The molecule has 0 radical (unpaired) electrons. The van der Waals surface area contributed by atoms with E-state index < -0.39 is 0 Å². The lowest BCUT2D eigenvalue weighted by atomic mass is 10.0. The lowest BCUT2D eigenvalue weighted by molar-refractivity contribution is 0.203. The first-order chi connectivity index (χ1) is 11.3. The molecule has 0 N–H and O–H groups in total. The number of pyridine rings is 1. The van der Waals surface area contributed by atoms with Gasteiger partial charge in [0.05, 0.1) is 0 Å². The molecule has 0 spiro atoms. The maximum absolute atomic E-state index is 4.62. The fourth-order valence-electron chi connectivity index (χ4n) is 3.50. The Morgan fingerprint density at radius 3 is 2.52 bits per heavy atom. The van der Waals surface area contributed by atoms with Crippen LogP contribution in [0.4, 0.5) is 5.82 Å². The summed E-state index contributed by atoms with van der Waals surface area (Å²) in [7, 11) is 2.21. The molecule has 2 heterocycles. The van der Waals surface area contributed by atoms with Crippen molar-refractivity contribution < 1.29 is 0 Å².